The zero-order chi connectivity index (χ0) is 22.4. The van der Waals surface area contributed by atoms with Crippen LogP contribution in [0, 0.1) is 25.2 Å². The average Bonchev–Trinajstić information content (AvgIpc) is 3.39. The minimum absolute atomic E-state index is 0.293. The molecule has 5 nitrogen and oxygen atoms in total. The van der Waals surface area contributed by atoms with Gasteiger partial charge in [-0.2, -0.15) is 5.26 Å². The minimum atomic E-state index is -0.305. The van der Waals surface area contributed by atoms with Gasteiger partial charge in [-0.25, -0.2) is 4.90 Å². The standard InChI is InChI=1S/C25H21N3O2S2/c1-15-12-17(13-22-23(29)28(25(30)32-22)18-8-4-3-5-9-18)16(2)27(15)24-20(14-26)19-10-6-7-11-21(19)31-24/h3-5,8-9,12-13H,6-7,10-11H2,1-2H3/b22-13+. The van der Waals surface area contributed by atoms with Crippen molar-refractivity contribution in [2.75, 3.05) is 4.90 Å². The first-order valence-electron chi connectivity index (χ1n) is 10.6. The third-order valence-electron chi connectivity index (χ3n) is 6.03. The molecule has 160 valence electrons. The van der Waals surface area contributed by atoms with Crippen LogP contribution >= 0.6 is 23.1 Å². The maximum Gasteiger partial charge on any atom is 0.298 e. The van der Waals surface area contributed by atoms with Crippen molar-refractivity contribution in [1.29, 1.82) is 5.26 Å². The van der Waals surface area contributed by atoms with Gasteiger partial charge in [0.05, 0.1) is 16.2 Å². The number of thiophene rings is 1. The Balaban J connectivity index is 1.54. The Labute approximate surface area is 195 Å². The van der Waals surface area contributed by atoms with Crippen LogP contribution in [0.5, 0.6) is 0 Å². The second kappa shape index (κ2) is 8.12. The Kier molecular flexibility index (Phi) is 5.28. The van der Waals surface area contributed by atoms with Gasteiger partial charge in [0, 0.05) is 16.3 Å². The first-order valence-corrected chi connectivity index (χ1v) is 12.2. The number of rotatable bonds is 3. The van der Waals surface area contributed by atoms with Crippen LogP contribution in [0.3, 0.4) is 0 Å². The topological polar surface area (TPSA) is 66.1 Å². The van der Waals surface area contributed by atoms with Gasteiger partial charge < -0.3 is 4.57 Å². The number of nitriles is 1. The summed E-state index contributed by atoms with van der Waals surface area (Å²) in [7, 11) is 0. The molecule has 0 atom stereocenters. The summed E-state index contributed by atoms with van der Waals surface area (Å²) in [5, 5.41) is 10.6. The molecule has 2 aliphatic rings. The number of hydrogen-bond acceptors (Lipinski definition) is 5. The quantitative estimate of drug-likeness (QED) is 0.441. The van der Waals surface area contributed by atoms with Crippen molar-refractivity contribution >= 4 is 46.0 Å². The number of benzene rings is 1. The first-order chi connectivity index (χ1) is 15.5. The molecule has 2 aromatic heterocycles. The number of para-hydroxylation sites is 1. The molecule has 1 aromatic carbocycles. The second-order valence-electron chi connectivity index (χ2n) is 8.02. The number of fused-ring (bicyclic) bond motifs is 1. The largest absolute Gasteiger partial charge is 0.308 e. The summed E-state index contributed by atoms with van der Waals surface area (Å²) in [4.78, 5) is 28.5. The molecule has 3 heterocycles. The summed E-state index contributed by atoms with van der Waals surface area (Å²) < 4.78 is 2.12. The third kappa shape index (κ3) is 3.31. The lowest BCUT2D eigenvalue weighted by Crippen LogP contribution is -2.27. The van der Waals surface area contributed by atoms with Crippen molar-refractivity contribution in [2.24, 2.45) is 0 Å². The van der Waals surface area contributed by atoms with Gasteiger partial charge in [0.1, 0.15) is 11.1 Å². The molecule has 1 saturated heterocycles. The molecule has 1 aliphatic carbocycles. The third-order valence-corrected chi connectivity index (χ3v) is 8.18. The van der Waals surface area contributed by atoms with E-state index in [-0.39, 0.29) is 11.1 Å². The molecule has 0 spiro atoms. The van der Waals surface area contributed by atoms with E-state index in [1.54, 1.807) is 29.5 Å². The highest BCUT2D eigenvalue weighted by molar-refractivity contribution is 8.19. The fraction of sp³-hybridized carbons (Fsp3) is 0.240. The normalized spacial score (nSPS) is 17.2. The average molecular weight is 460 g/mol. The number of nitrogens with zero attached hydrogens (tertiary/aromatic N) is 3. The highest BCUT2D eigenvalue weighted by Crippen LogP contribution is 2.40. The van der Waals surface area contributed by atoms with E-state index in [0.29, 0.717) is 10.6 Å². The van der Waals surface area contributed by atoms with Crippen molar-refractivity contribution in [2.45, 2.75) is 39.5 Å². The highest BCUT2D eigenvalue weighted by Gasteiger charge is 2.36. The summed E-state index contributed by atoms with van der Waals surface area (Å²) in [5.41, 5.74) is 5.41. The summed E-state index contributed by atoms with van der Waals surface area (Å²) in [6, 6.07) is 13.4. The van der Waals surface area contributed by atoms with Gasteiger partial charge in [0.25, 0.3) is 11.1 Å². The number of amides is 2. The van der Waals surface area contributed by atoms with Gasteiger partial charge in [0.2, 0.25) is 0 Å². The number of anilines is 1. The molecule has 5 rings (SSSR count). The number of aromatic nitrogens is 1. The summed E-state index contributed by atoms with van der Waals surface area (Å²) in [5.74, 6) is -0.305. The zero-order valence-electron chi connectivity index (χ0n) is 17.8. The van der Waals surface area contributed by atoms with Gasteiger partial charge in [-0.15, -0.1) is 11.3 Å². The van der Waals surface area contributed by atoms with Crippen molar-refractivity contribution in [3.8, 4) is 11.1 Å². The van der Waals surface area contributed by atoms with Gasteiger partial charge >= 0.3 is 0 Å². The van der Waals surface area contributed by atoms with Gasteiger partial charge in [-0.1, -0.05) is 18.2 Å². The Morgan fingerprint density at radius 3 is 2.59 bits per heavy atom. The monoisotopic (exact) mass is 459 g/mol. The van der Waals surface area contributed by atoms with E-state index in [1.165, 1.54) is 21.8 Å². The number of imide groups is 1. The van der Waals surface area contributed by atoms with E-state index in [0.717, 1.165) is 58.5 Å². The molecular formula is C25H21N3O2S2. The van der Waals surface area contributed by atoms with E-state index < -0.39 is 0 Å². The molecule has 0 bridgehead atoms. The van der Waals surface area contributed by atoms with Crippen LogP contribution in [-0.4, -0.2) is 15.7 Å². The van der Waals surface area contributed by atoms with Crippen LogP contribution in [0.4, 0.5) is 10.5 Å². The van der Waals surface area contributed by atoms with Crippen molar-refractivity contribution in [3.05, 3.63) is 74.3 Å². The maximum absolute atomic E-state index is 13.0. The fourth-order valence-electron chi connectivity index (χ4n) is 4.48. The molecule has 1 fully saturated rings. The van der Waals surface area contributed by atoms with Gasteiger partial charge in [-0.3, -0.25) is 9.59 Å². The minimum Gasteiger partial charge on any atom is -0.308 e. The van der Waals surface area contributed by atoms with Crippen LogP contribution in [0.15, 0.2) is 41.3 Å². The Morgan fingerprint density at radius 2 is 1.84 bits per heavy atom. The van der Waals surface area contributed by atoms with E-state index in [9.17, 15) is 14.9 Å². The van der Waals surface area contributed by atoms with Crippen molar-refractivity contribution in [3.63, 3.8) is 0 Å². The lowest BCUT2D eigenvalue weighted by Gasteiger charge is -2.11. The number of thioether (sulfide) groups is 1. The predicted molar refractivity (Wildman–Crippen MR) is 129 cm³/mol. The second-order valence-corrected chi connectivity index (χ2v) is 10.1. The summed E-state index contributed by atoms with van der Waals surface area (Å²) >= 11 is 2.67. The molecular weight excluding hydrogens is 438 g/mol. The van der Waals surface area contributed by atoms with E-state index in [1.807, 2.05) is 38.1 Å². The fourth-order valence-corrected chi connectivity index (χ4v) is 6.76. The first kappa shape index (κ1) is 20.8. The van der Waals surface area contributed by atoms with Crippen LogP contribution in [0.2, 0.25) is 0 Å². The molecule has 32 heavy (non-hydrogen) atoms. The molecule has 1 aliphatic heterocycles. The van der Waals surface area contributed by atoms with E-state index >= 15 is 0 Å². The van der Waals surface area contributed by atoms with Crippen LogP contribution in [0.25, 0.3) is 11.1 Å². The Hall–Kier alpha value is -3.08. The smallest absolute Gasteiger partial charge is 0.298 e. The van der Waals surface area contributed by atoms with E-state index in [2.05, 4.69) is 10.6 Å². The molecule has 7 heteroatoms. The van der Waals surface area contributed by atoms with Crippen molar-refractivity contribution < 1.29 is 9.59 Å². The lowest BCUT2D eigenvalue weighted by atomic mass is 9.96. The van der Waals surface area contributed by atoms with Crippen LogP contribution in [-0.2, 0) is 17.6 Å². The summed E-state index contributed by atoms with van der Waals surface area (Å²) in [6.45, 7) is 4.01. The molecule has 0 saturated carbocycles. The highest BCUT2D eigenvalue weighted by atomic mass is 32.2. The Bertz CT molecular complexity index is 1330. The molecule has 3 aromatic rings. The zero-order valence-corrected chi connectivity index (χ0v) is 19.5. The van der Waals surface area contributed by atoms with E-state index in [4.69, 9.17) is 0 Å². The predicted octanol–water partition coefficient (Wildman–Crippen LogP) is 6.15. The number of hydrogen-bond donors (Lipinski definition) is 0. The molecule has 0 unspecified atom stereocenters. The number of aryl methyl sites for hydroxylation is 2. The maximum atomic E-state index is 13.0. The lowest BCUT2D eigenvalue weighted by molar-refractivity contribution is -0.113. The number of carbonyl (C=O) groups excluding carboxylic acids is 2. The van der Waals surface area contributed by atoms with Gasteiger partial charge in [-0.05, 0) is 86.7 Å². The number of carbonyl (C=O) groups is 2. The molecule has 0 N–H and O–H groups in total. The van der Waals surface area contributed by atoms with Gasteiger partial charge in [0.15, 0.2) is 0 Å². The SMILES string of the molecule is Cc1cc(/C=C2/SC(=O)N(c3ccccc3)C2=O)c(C)n1-c1sc2c(c1C#N)CCCC2. The Morgan fingerprint density at radius 1 is 1.09 bits per heavy atom. The molecule has 0 radical (unpaired) electrons. The van der Waals surface area contributed by atoms with Crippen molar-refractivity contribution in [1.82, 2.24) is 4.57 Å². The molecule has 2 amide bonds. The van der Waals surface area contributed by atoms with Crippen LogP contribution < -0.4 is 4.90 Å². The summed E-state index contributed by atoms with van der Waals surface area (Å²) in [6.07, 6.45) is 6.10. The van der Waals surface area contributed by atoms with Crippen LogP contribution in [0.1, 0.15) is 45.8 Å².